The zero-order valence-electron chi connectivity index (χ0n) is 17.5. The fourth-order valence-electron chi connectivity index (χ4n) is 4.32. The average molecular weight is 393 g/mol. The molecule has 2 aliphatic rings. The van der Waals surface area contributed by atoms with Gasteiger partial charge in [-0.3, -0.25) is 9.69 Å². The molecule has 2 fully saturated rings. The molecule has 4 rings (SSSR count). The summed E-state index contributed by atoms with van der Waals surface area (Å²) < 4.78 is 0. The van der Waals surface area contributed by atoms with Crippen LogP contribution in [-0.4, -0.2) is 74.6 Å². The molecular formula is C24H32N4O. The summed E-state index contributed by atoms with van der Waals surface area (Å²) in [7, 11) is 0. The molecule has 0 bridgehead atoms. The maximum atomic E-state index is 12.7. The van der Waals surface area contributed by atoms with Crippen molar-refractivity contribution in [2.45, 2.75) is 13.3 Å². The second-order valence-electron chi connectivity index (χ2n) is 8.12. The summed E-state index contributed by atoms with van der Waals surface area (Å²) in [5, 5.41) is 0. The van der Waals surface area contributed by atoms with E-state index in [1.54, 1.807) is 0 Å². The van der Waals surface area contributed by atoms with Crippen LogP contribution in [0, 0.1) is 6.92 Å². The minimum atomic E-state index is 0.304. The summed E-state index contributed by atoms with van der Waals surface area (Å²) in [6.07, 6.45) is 0.635. The molecule has 154 valence electrons. The van der Waals surface area contributed by atoms with Crippen molar-refractivity contribution < 1.29 is 4.79 Å². The number of benzene rings is 2. The van der Waals surface area contributed by atoms with Gasteiger partial charge >= 0.3 is 0 Å². The van der Waals surface area contributed by atoms with E-state index in [0.29, 0.717) is 12.3 Å². The van der Waals surface area contributed by atoms with Crippen LogP contribution in [-0.2, 0) is 4.79 Å². The van der Waals surface area contributed by atoms with E-state index in [9.17, 15) is 4.79 Å². The van der Waals surface area contributed by atoms with Gasteiger partial charge in [0.15, 0.2) is 0 Å². The largest absolute Gasteiger partial charge is 0.369 e. The van der Waals surface area contributed by atoms with E-state index in [-0.39, 0.29) is 0 Å². The van der Waals surface area contributed by atoms with Crippen LogP contribution in [0.2, 0.25) is 0 Å². The van der Waals surface area contributed by atoms with Gasteiger partial charge < -0.3 is 14.7 Å². The van der Waals surface area contributed by atoms with Crippen LogP contribution in [0.1, 0.15) is 12.0 Å². The zero-order valence-corrected chi connectivity index (χ0v) is 17.5. The molecule has 2 aromatic carbocycles. The van der Waals surface area contributed by atoms with Gasteiger partial charge in [0.05, 0.1) is 0 Å². The lowest BCUT2D eigenvalue weighted by Gasteiger charge is -2.38. The third-order valence-electron chi connectivity index (χ3n) is 6.13. The number of amides is 1. The second kappa shape index (κ2) is 9.31. The summed E-state index contributed by atoms with van der Waals surface area (Å²) in [5.74, 6) is 0.304. The lowest BCUT2D eigenvalue weighted by atomic mass is 10.2. The van der Waals surface area contributed by atoms with Crippen molar-refractivity contribution in [1.82, 2.24) is 9.80 Å². The lowest BCUT2D eigenvalue weighted by Crippen LogP contribution is -2.50. The molecule has 5 nitrogen and oxygen atoms in total. The van der Waals surface area contributed by atoms with Gasteiger partial charge in [-0.05, 0) is 36.8 Å². The number of hydrogen-bond donors (Lipinski definition) is 0. The van der Waals surface area contributed by atoms with E-state index in [2.05, 4.69) is 70.2 Å². The van der Waals surface area contributed by atoms with E-state index < -0.39 is 0 Å². The van der Waals surface area contributed by atoms with E-state index >= 15 is 0 Å². The minimum absolute atomic E-state index is 0.304. The van der Waals surface area contributed by atoms with Gasteiger partial charge in [-0.15, -0.1) is 0 Å². The summed E-state index contributed by atoms with van der Waals surface area (Å²) in [4.78, 5) is 22.0. The number of hydrogen-bond acceptors (Lipinski definition) is 4. The second-order valence-corrected chi connectivity index (χ2v) is 8.12. The summed E-state index contributed by atoms with van der Waals surface area (Å²) >= 11 is 0. The fraction of sp³-hybridized carbons (Fsp3) is 0.458. The van der Waals surface area contributed by atoms with Gasteiger partial charge in [0.1, 0.15) is 0 Å². The Bertz CT molecular complexity index is 794. The summed E-state index contributed by atoms with van der Waals surface area (Å²) in [6, 6.07) is 19.2. The highest BCUT2D eigenvalue weighted by Gasteiger charge is 2.23. The quantitative estimate of drug-likeness (QED) is 0.783. The number of rotatable bonds is 5. The topological polar surface area (TPSA) is 30.0 Å². The fourth-order valence-corrected chi connectivity index (χ4v) is 4.32. The third kappa shape index (κ3) is 5.10. The van der Waals surface area contributed by atoms with Crippen LogP contribution in [0.4, 0.5) is 11.4 Å². The molecule has 0 radical (unpaired) electrons. The van der Waals surface area contributed by atoms with Gasteiger partial charge in [0.25, 0.3) is 0 Å². The van der Waals surface area contributed by atoms with Crippen LogP contribution >= 0.6 is 0 Å². The maximum absolute atomic E-state index is 12.7. The predicted molar refractivity (Wildman–Crippen MR) is 120 cm³/mol. The Morgan fingerprint density at radius 1 is 0.759 bits per heavy atom. The van der Waals surface area contributed by atoms with Crippen LogP contribution in [0.3, 0.4) is 0 Å². The minimum Gasteiger partial charge on any atom is -0.369 e. The summed E-state index contributed by atoms with van der Waals surface area (Å²) in [6.45, 7) is 10.6. The molecule has 0 N–H and O–H groups in total. The third-order valence-corrected chi connectivity index (χ3v) is 6.13. The highest BCUT2D eigenvalue weighted by Crippen LogP contribution is 2.18. The molecular weight excluding hydrogens is 360 g/mol. The molecule has 5 heteroatoms. The number of carbonyl (C=O) groups excluding carboxylic acids is 1. The van der Waals surface area contributed by atoms with Crippen LogP contribution in [0.25, 0.3) is 0 Å². The molecule has 0 atom stereocenters. The first-order valence-electron chi connectivity index (χ1n) is 10.8. The Morgan fingerprint density at radius 2 is 1.38 bits per heavy atom. The van der Waals surface area contributed by atoms with Crippen molar-refractivity contribution in [3.8, 4) is 0 Å². The monoisotopic (exact) mass is 392 g/mol. The number of anilines is 2. The van der Waals surface area contributed by atoms with Crippen molar-refractivity contribution in [2.75, 3.05) is 68.7 Å². The molecule has 2 aliphatic heterocycles. The van der Waals surface area contributed by atoms with Crippen molar-refractivity contribution in [1.29, 1.82) is 0 Å². The Hall–Kier alpha value is -2.53. The van der Waals surface area contributed by atoms with Gasteiger partial charge in [0, 0.05) is 76.7 Å². The molecule has 29 heavy (non-hydrogen) atoms. The lowest BCUT2D eigenvalue weighted by molar-refractivity contribution is -0.131. The predicted octanol–water partition coefficient (Wildman–Crippen LogP) is 2.86. The van der Waals surface area contributed by atoms with Gasteiger partial charge in [-0.25, -0.2) is 0 Å². The van der Waals surface area contributed by atoms with E-state index in [1.807, 2.05) is 11.0 Å². The molecule has 2 heterocycles. The Morgan fingerprint density at radius 3 is 2.07 bits per heavy atom. The van der Waals surface area contributed by atoms with E-state index in [1.165, 1.54) is 16.9 Å². The first-order valence-corrected chi connectivity index (χ1v) is 10.8. The molecule has 0 aliphatic carbocycles. The van der Waals surface area contributed by atoms with Crippen LogP contribution < -0.4 is 9.80 Å². The first-order chi connectivity index (χ1) is 14.2. The molecule has 2 saturated heterocycles. The van der Waals surface area contributed by atoms with Crippen molar-refractivity contribution >= 4 is 17.3 Å². The molecule has 0 unspecified atom stereocenters. The normalized spacial score (nSPS) is 18.2. The maximum Gasteiger partial charge on any atom is 0.223 e. The van der Waals surface area contributed by atoms with Crippen molar-refractivity contribution in [3.05, 3.63) is 60.2 Å². The van der Waals surface area contributed by atoms with Crippen LogP contribution in [0.15, 0.2) is 54.6 Å². The van der Waals surface area contributed by atoms with Gasteiger partial charge in [-0.2, -0.15) is 0 Å². The number of piperazine rings is 2. The van der Waals surface area contributed by atoms with Gasteiger partial charge in [0.2, 0.25) is 5.91 Å². The number of para-hydroxylation sites is 1. The number of carbonyl (C=O) groups is 1. The molecule has 0 spiro atoms. The number of aryl methyl sites for hydroxylation is 1. The molecule has 0 saturated carbocycles. The average Bonchev–Trinajstić information content (AvgIpc) is 2.78. The van der Waals surface area contributed by atoms with Crippen molar-refractivity contribution in [3.63, 3.8) is 0 Å². The zero-order chi connectivity index (χ0) is 20.1. The Labute approximate surface area is 174 Å². The SMILES string of the molecule is Cc1cccc(N2CCN(CCC(=O)N3CCN(c4ccccc4)CC3)CC2)c1. The first kappa shape index (κ1) is 19.8. The highest BCUT2D eigenvalue weighted by atomic mass is 16.2. The van der Waals surface area contributed by atoms with Crippen LogP contribution in [0.5, 0.6) is 0 Å². The standard InChI is InChI=1S/C24H32N4O/c1-21-6-5-9-23(20-21)27-14-12-25(13-15-27)11-10-24(29)28-18-16-26(17-19-28)22-7-3-2-4-8-22/h2-9,20H,10-19H2,1H3. The van der Waals surface area contributed by atoms with E-state index in [4.69, 9.17) is 0 Å². The number of nitrogens with zero attached hydrogens (tertiary/aromatic N) is 4. The van der Waals surface area contributed by atoms with Crippen molar-refractivity contribution in [2.24, 2.45) is 0 Å². The van der Waals surface area contributed by atoms with Gasteiger partial charge in [-0.1, -0.05) is 30.3 Å². The summed E-state index contributed by atoms with van der Waals surface area (Å²) in [5.41, 5.74) is 3.88. The Kier molecular flexibility index (Phi) is 6.35. The smallest absolute Gasteiger partial charge is 0.223 e. The highest BCUT2D eigenvalue weighted by molar-refractivity contribution is 5.76. The van der Waals surface area contributed by atoms with E-state index in [0.717, 1.165) is 58.9 Å². The molecule has 2 aromatic rings. The Balaban J connectivity index is 1.18. The molecule has 0 aromatic heterocycles. The molecule has 1 amide bonds.